The van der Waals surface area contributed by atoms with Gasteiger partial charge in [0.05, 0.1) is 11.5 Å². The third-order valence-electron chi connectivity index (χ3n) is 6.50. The molecule has 3 aromatic carbocycles. The lowest BCUT2D eigenvalue weighted by Gasteiger charge is -2.24. The van der Waals surface area contributed by atoms with Crippen molar-refractivity contribution in [3.05, 3.63) is 82.1 Å². The average molecular weight is 551 g/mol. The molecule has 0 bridgehead atoms. The summed E-state index contributed by atoms with van der Waals surface area (Å²) < 4.78 is 56.9. The molecule has 0 unspecified atom stereocenters. The lowest BCUT2D eigenvalue weighted by molar-refractivity contribution is 0.171. The first-order valence-electron chi connectivity index (χ1n) is 12.5. The summed E-state index contributed by atoms with van der Waals surface area (Å²) >= 11 is 0. The van der Waals surface area contributed by atoms with Crippen molar-refractivity contribution in [2.45, 2.75) is 24.9 Å². The number of nitrogens with one attached hydrogen (secondary N) is 1. The fourth-order valence-corrected chi connectivity index (χ4v) is 6.02. The average Bonchev–Trinajstić information content (AvgIpc) is 3.41. The minimum atomic E-state index is -4.08. The van der Waals surface area contributed by atoms with Crippen LogP contribution in [0.15, 0.2) is 70.4 Å². The standard InChI is InChI=1S/C28H26N2O8S/c1-2-34-21-4-6-23-19(13-21)12-20(28(31)29-23)16-30(15-18-3-7-25-26(11-18)38-17-37-25)39(32,33)22-5-8-24-27(14-22)36-10-9-35-24/h3-8,11-14H,2,9-10,15-17H2,1H3,(H,29,31). The Morgan fingerprint density at radius 3 is 2.44 bits per heavy atom. The Kier molecular flexibility index (Phi) is 6.53. The maximum Gasteiger partial charge on any atom is 0.252 e. The second-order valence-corrected chi connectivity index (χ2v) is 11.0. The zero-order valence-electron chi connectivity index (χ0n) is 21.1. The molecule has 0 radical (unpaired) electrons. The van der Waals surface area contributed by atoms with Gasteiger partial charge in [-0.2, -0.15) is 4.31 Å². The normalized spacial score (nSPS) is 14.1. The SMILES string of the molecule is CCOc1ccc2[nH]c(=O)c(CN(Cc3ccc4c(c3)OCO4)S(=O)(=O)c3ccc4c(c3)OCCO4)cc2c1. The van der Waals surface area contributed by atoms with Crippen LogP contribution >= 0.6 is 0 Å². The molecule has 4 aromatic rings. The number of aromatic amines is 1. The molecule has 0 saturated carbocycles. The Balaban J connectivity index is 1.40. The molecule has 0 fully saturated rings. The molecule has 2 aliphatic rings. The van der Waals surface area contributed by atoms with Gasteiger partial charge in [0.2, 0.25) is 16.8 Å². The minimum Gasteiger partial charge on any atom is -0.494 e. The summed E-state index contributed by atoms with van der Waals surface area (Å²) in [6.07, 6.45) is 0. The number of pyridine rings is 1. The van der Waals surface area contributed by atoms with Gasteiger partial charge in [-0.15, -0.1) is 0 Å². The van der Waals surface area contributed by atoms with Crippen LogP contribution < -0.4 is 29.2 Å². The van der Waals surface area contributed by atoms with E-state index in [0.29, 0.717) is 59.6 Å². The highest BCUT2D eigenvalue weighted by Gasteiger charge is 2.28. The van der Waals surface area contributed by atoms with E-state index in [1.807, 2.05) is 13.0 Å². The summed E-state index contributed by atoms with van der Waals surface area (Å²) in [5.41, 5.74) is 1.22. The molecule has 3 heterocycles. The van der Waals surface area contributed by atoms with E-state index >= 15 is 0 Å². The second kappa shape index (κ2) is 10.2. The van der Waals surface area contributed by atoms with Gasteiger partial charge in [0.15, 0.2) is 23.0 Å². The Hall–Kier alpha value is -4.22. The van der Waals surface area contributed by atoms with E-state index in [1.54, 1.807) is 42.5 Å². The van der Waals surface area contributed by atoms with E-state index in [9.17, 15) is 13.2 Å². The van der Waals surface area contributed by atoms with Gasteiger partial charge in [-0.3, -0.25) is 4.79 Å². The number of rotatable bonds is 8. The highest BCUT2D eigenvalue weighted by molar-refractivity contribution is 7.89. The molecule has 1 aromatic heterocycles. The number of nitrogens with zero attached hydrogens (tertiary/aromatic N) is 1. The Morgan fingerprint density at radius 1 is 0.846 bits per heavy atom. The van der Waals surface area contributed by atoms with Crippen molar-refractivity contribution in [2.24, 2.45) is 0 Å². The van der Waals surface area contributed by atoms with E-state index in [4.69, 9.17) is 23.7 Å². The van der Waals surface area contributed by atoms with Gasteiger partial charge in [-0.05, 0) is 61.0 Å². The van der Waals surface area contributed by atoms with Gasteiger partial charge < -0.3 is 28.7 Å². The first-order valence-corrected chi connectivity index (χ1v) is 13.9. The van der Waals surface area contributed by atoms with E-state index in [1.165, 1.54) is 16.4 Å². The summed E-state index contributed by atoms with van der Waals surface area (Å²) in [4.78, 5) is 15.9. The quantitative estimate of drug-likeness (QED) is 0.352. The van der Waals surface area contributed by atoms with Crippen LogP contribution in [0.4, 0.5) is 0 Å². The van der Waals surface area contributed by atoms with Crippen LogP contribution in [-0.2, 0) is 23.1 Å². The van der Waals surface area contributed by atoms with E-state index in [2.05, 4.69) is 4.98 Å². The molecule has 6 rings (SSSR count). The number of aromatic nitrogens is 1. The van der Waals surface area contributed by atoms with Crippen LogP contribution in [0.3, 0.4) is 0 Å². The van der Waals surface area contributed by atoms with Crippen LogP contribution in [0, 0.1) is 0 Å². The molecule has 10 nitrogen and oxygen atoms in total. The molecule has 1 N–H and O–H groups in total. The molecule has 11 heteroatoms. The van der Waals surface area contributed by atoms with Crippen molar-refractivity contribution < 1.29 is 32.1 Å². The summed E-state index contributed by atoms with van der Waals surface area (Å²) in [5.74, 6) is 2.63. The van der Waals surface area contributed by atoms with Gasteiger partial charge in [0.1, 0.15) is 19.0 Å². The number of hydrogen-bond donors (Lipinski definition) is 1. The van der Waals surface area contributed by atoms with Gasteiger partial charge in [-0.25, -0.2) is 8.42 Å². The van der Waals surface area contributed by atoms with E-state index in [-0.39, 0.29) is 35.9 Å². The van der Waals surface area contributed by atoms with Crippen LogP contribution in [0.5, 0.6) is 28.7 Å². The number of H-pyrrole nitrogens is 1. The molecular formula is C28H26N2O8S. The Morgan fingerprint density at radius 2 is 1.59 bits per heavy atom. The van der Waals surface area contributed by atoms with Gasteiger partial charge >= 0.3 is 0 Å². The van der Waals surface area contributed by atoms with Crippen molar-refractivity contribution in [3.8, 4) is 28.7 Å². The van der Waals surface area contributed by atoms with Gasteiger partial charge in [-0.1, -0.05) is 6.07 Å². The Bertz CT molecular complexity index is 1720. The van der Waals surface area contributed by atoms with Gasteiger partial charge in [0, 0.05) is 35.6 Å². The molecule has 0 spiro atoms. The summed E-state index contributed by atoms with van der Waals surface area (Å²) in [6.45, 7) is 3.03. The number of hydrogen-bond acceptors (Lipinski definition) is 8. The van der Waals surface area contributed by atoms with Crippen LogP contribution in [-0.4, -0.2) is 44.3 Å². The zero-order chi connectivity index (χ0) is 27.0. The second-order valence-electron chi connectivity index (χ2n) is 9.07. The maximum atomic E-state index is 14.0. The molecule has 0 aliphatic carbocycles. The van der Waals surface area contributed by atoms with Crippen LogP contribution in [0.25, 0.3) is 10.9 Å². The number of benzene rings is 3. The lowest BCUT2D eigenvalue weighted by Crippen LogP contribution is -2.32. The zero-order valence-corrected chi connectivity index (χ0v) is 22.0. The van der Waals surface area contributed by atoms with Gasteiger partial charge in [0.25, 0.3) is 5.56 Å². The third-order valence-corrected chi connectivity index (χ3v) is 8.29. The van der Waals surface area contributed by atoms with Crippen molar-refractivity contribution in [3.63, 3.8) is 0 Å². The summed E-state index contributed by atoms with van der Waals surface area (Å²) in [5, 5.41) is 0.732. The largest absolute Gasteiger partial charge is 0.494 e. The molecule has 0 atom stereocenters. The van der Waals surface area contributed by atoms with Crippen LogP contribution in [0.1, 0.15) is 18.1 Å². The van der Waals surface area contributed by atoms with E-state index in [0.717, 1.165) is 5.39 Å². The predicted molar refractivity (Wildman–Crippen MR) is 142 cm³/mol. The van der Waals surface area contributed by atoms with Crippen LogP contribution in [0.2, 0.25) is 0 Å². The summed E-state index contributed by atoms with van der Waals surface area (Å²) in [6, 6.07) is 16.8. The predicted octanol–water partition coefficient (Wildman–Crippen LogP) is 3.82. The number of ether oxygens (including phenoxy) is 5. The smallest absolute Gasteiger partial charge is 0.252 e. The van der Waals surface area contributed by atoms with Crippen molar-refractivity contribution in [1.29, 1.82) is 0 Å². The monoisotopic (exact) mass is 550 g/mol. The topological polar surface area (TPSA) is 116 Å². The first kappa shape index (κ1) is 25.1. The number of sulfonamides is 1. The third kappa shape index (κ3) is 4.98. The molecule has 39 heavy (non-hydrogen) atoms. The summed E-state index contributed by atoms with van der Waals surface area (Å²) in [7, 11) is -4.08. The fourth-order valence-electron chi connectivity index (χ4n) is 4.60. The first-order chi connectivity index (χ1) is 18.9. The molecule has 2 aliphatic heterocycles. The van der Waals surface area contributed by atoms with Crippen molar-refractivity contribution >= 4 is 20.9 Å². The maximum absolute atomic E-state index is 14.0. The number of fused-ring (bicyclic) bond motifs is 3. The lowest BCUT2D eigenvalue weighted by atomic mass is 10.1. The highest BCUT2D eigenvalue weighted by atomic mass is 32.2. The molecular weight excluding hydrogens is 524 g/mol. The minimum absolute atomic E-state index is 0.0100. The van der Waals surface area contributed by atoms with Crippen molar-refractivity contribution in [1.82, 2.24) is 9.29 Å². The van der Waals surface area contributed by atoms with E-state index < -0.39 is 10.0 Å². The van der Waals surface area contributed by atoms with Crippen molar-refractivity contribution in [2.75, 3.05) is 26.6 Å². The molecule has 0 saturated heterocycles. The molecule has 0 amide bonds. The molecule has 202 valence electrons. The fraction of sp³-hybridized carbons (Fsp3) is 0.250. The Labute approximate surface area is 224 Å². The highest BCUT2D eigenvalue weighted by Crippen LogP contribution is 2.36.